The Hall–Kier alpha value is -2.31. The lowest BCUT2D eigenvalue weighted by Crippen LogP contribution is -2.42. The predicted molar refractivity (Wildman–Crippen MR) is 124 cm³/mol. The van der Waals surface area contributed by atoms with Crippen molar-refractivity contribution in [1.29, 1.82) is 0 Å². The molecule has 1 aliphatic heterocycles. The summed E-state index contributed by atoms with van der Waals surface area (Å²) >= 11 is 0. The van der Waals surface area contributed by atoms with Gasteiger partial charge in [0.25, 0.3) is 0 Å². The molecule has 1 saturated heterocycles. The van der Waals surface area contributed by atoms with E-state index >= 15 is 0 Å². The summed E-state index contributed by atoms with van der Waals surface area (Å²) < 4.78 is 0. The molecule has 0 saturated carbocycles. The van der Waals surface area contributed by atoms with Crippen molar-refractivity contribution in [3.05, 3.63) is 23.9 Å². The summed E-state index contributed by atoms with van der Waals surface area (Å²) in [7, 11) is 1.80. The molecule has 1 aromatic rings. The van der Waals surface area contributed by atoms with E-state index in [0.29, 0.717) is 6.54 Å². The molecule has 1 aromatic heterocycles. The van der Waals surface area contributed by atoms with E-state index in [9.17, 15) is 4.79 Å². The molecular weight excluding hydrogens is 376 g/mol. The molecule has 0 spiro atoms. The SMILES string of the molecule is CCCCCC(C)(C)CNC(=NC)NCc1cccnc1N1CCC(C(N)=O)CC1. The maximum absolute atomic E-state index is 11.4. The average molecular weight is 417 g/mol. The molecule has 0 atom stereocenters. The first-order valence-electron chi connectivity index (χ1n) is 11.3. The van der Waals surface area contributed by atoms with Gasteiger partial charge in [-0.3, -0.25) is 9.79 Å². The highest BCUT2D eigenvalue weighted by atomic mass is 16.1. The fourth-order valence-electron chi connectivity index (χ4n) is 3.89. The molecule has 4 N–H and O–H groups in total. The monoisotopic (exact) mass is 416 g/mol. The minimum atomic E-state index is -0.190. The van der Waals surface area contributed by atoms with Crippen LogP contribution < -0.4 is 21.3 Å². The minimum Gasteiger partial charge on any atom is -0.369 e. The lowest BCUT2D eigenvalue weighted by molar-refractivity contribution is -0.122. The normalized spacial score (nSPS) is 15.9. The van der Waals surface area contributed by atoms with Gasteiger partial charge in [-0.1, -0.05) is 46.1 Å². The Labute approximate surface area is 181 Å². The van der Waals surface area contributed by atoms with Gasteiger partial charge in [-0.15, -0.1) is 0 Å². The number of amides is 1. The van der Waals surface area contributed by atoms with Crippen molar-refractivity contribution >= 4 is 17.7 Å². The summed E-state index contributed by atoms with van der Waals surface area (Å²) in [5.74, 6) is 1.57. The lowest BCUT2D eigenvalue weighted by Gasteiger charge is -2.32. The number of carbonyl (C=O) groups excluding carboxylic acids is 1. The number of nitrogens with zero attached hydrogens (tertiary/aromatic N) is 3. The number of aliphatic imine (C=N–C) groups is 1. The molecule has 1 aliphatic rings. The molecule has 1 fully saturated rings. The molecule has 0 aromatic carbocycles. The van der Waals surface area contributed by atoms with Crippen LogP contribution in [-0.2, 0) is 11.3 Å². The molecule has 0 unspecified atom stereocenters. The highest BCUT2D eigenvalue weighted by Gasteiger charge is 2.25. The third-order valence-electron chi connectivity index (χ3n) is 5.93. The van der Waals surface area contributed by atoms with Crippen LogP contribution in [0.3, 0.4) is 0 Å². The summed E-state index contributed by atoms with van der Waals surface area (Å²) in [4.78, 5) is 22.7. The average Bonchev–Trinajstić information content (AvgIpc) is 2.74. The predicted octanol–water partition coefficient (Wildman–Crippen LogP) is 3.05. The Balaban J connectivity index is 1.90. The van der Waals surface area contributed by atoms with Gasteiger partial charge in [0, 0.05) is 50.9 Å². The van der Waals surface area contributed by atoms with Gasteiger partial charge in [0.05, 0.1) is 0 Å². The number of hydrogen-bond acceptors (Lipinski definition) is 4. The Kier molecular flexibility index (Phi) is 9.40. The standard InChI is InChI=1S/C23H40N6O/c1-5-6-7-12-23(2,3)17-28-22(25-4)27-16-19-9-8-13-26-21(19)29-14-10-18(11-15-29)20(24)30/h8-9,13,18H,5-7,10-12,14-17H2,1-4H3,(H2,24,30)(H2,25,27,28). The summed E-state index contributed by atoms with van der Waals surface area (Å²) in [6.07, 6.45) is 8.41. The van der Waals surface area contributed by atoms with Gasteiger partial charge in [-0.05, 0) is 30.7 Å². The molecule has 7 heteroatoms. The Morgan fingerprint density at radius 1 is 1.30 bits per heavy atom. The number of nitrogens with one attached hydrogen (secondary N) is 2. The van der Waals surface area contributed by atoms with E-state index in [1.54, 1.807) is 7.05 Å². The van der Waals surface area contributed by atoms with E-state index < -0.39 is 0 Å². The lowest BCUT2D eigenvalue weighted by atomic mass is 9.87. The van der Waals surface area contributed by atoms with Crippen molar-refractivity contribution in [2.24, 2.45) is 22.1 Å². The van der Waals surface area contributed by atoms with Gasteiger partial charge in [0.1, 0.15) is 5.82 Å². The highest BCUT2D eigenvalue weighted by molar-refractivity contribution is 5.80. The first kappa shape index (κ1) is 24.0. The van der Waals surface area contributed by atoms with Crippen LogP contribution in [0.4, 0.5) is 5.82 Å². The van der Waals surface area contributed by atoms with Gasteiger partial charge < -0.3 is 21.3 Å². The van der Waals surface area contributed by atoms with Crippen LogP contribution in [0.2, 0.25) is 0 Å². The number of carbonyl (C=O) groups is 1. The number of piperidine rings is 1. The van der Waals surface area contributed by atoms with Gasteiger partial charge in [0.2, 0.25) is 5.91 Å². The fraction of sp³-hybridized carbons (Fsp3) is 0.696. The number of rotatable bonds is 10. The number of guanidine groups is 1. The second-order valence-corrected chi connectivity index (χ2v) is 9.05. The zero-order valence-electron chi connectivity index (χ0n) is 19.2. The molecule has 0 aliphatic carbocycles. The van der Waals surface area contributed by atoms with E-state index in [0.717, 1.165) is 49.8 Å². The van der Waals surface area contributed by atoms with Crippen molar-refractivity contribution in [2.75, 3.05) is 31.6 Å². The number of primary amides is 1. The van der Waals surface area contributed by atoms with Gasteiger partial charge >= 0.3 is 0 Å². The number of anilines is 1. The molecule has 1 amide bonds. The van der Waals surface area contributed by atoms with Crippen molar-refractivity contribution in [2.45, 2.75) is 65.8 Å². The first-order valence-corrected chi connectivity index (χ1v) is 11.3. The molecule has 7 nitrogen and oxygen atoms in total. The van der Waals surface area contributed by atoms with Gasteiger partial charge in [-0.2, -0.15) is 0 Å². The third-order valence-corrected chi connectivity index (χ3v) is 5.93. The smallest absolute Gasteiger partial charge is 0.220 e. The van der Waals surface area contributed by atoms with Crippen LogP contribution in [0.15, 0.2) is 23.3 Å². The molecule has 0 bridgehead atoms. The van der Waals surface area contributed by atoms with Crippen molar-refractivity contribution in [1.82, 2.24) is 15.6 Å². The van der Waals surface area contributed by atoms with Gasteiger partial charge in [-0.25, -0.2) is 4.98 Å². The number of nitrogens with two attached hydrogens (primary N) is 1. The van der Waals surface area contributed by atoms with Crippen molar-refractivity contribution in [3.63, 3.8) is 0 Å². The van der Waals surface area contributed by atoms with Crippen LogP contribution in [0, 0.1) is 11.3 Å². The topological polar surface area (TPSA) is 95.6 Å². The zero-order valence-corrected chi connectivity index (χ0v) is 19.2. The molecule has 168 valence electrons. The number of hydrogen-bond donors (Lipinski definition) is 3. The number of pyridine rings is 1. The fourth-order valence-corrected chi connectivity index (χ4v) is 3.89. The zero-order chi connectivity index (χ0) is 22.0. The van der Waals surface area contributed by atoms with E-state index in [2.05, 4.69) is 52.3 Å². The number of unbranched alkanes of at least 4 members (excludes halogenated alkanes) is 2. The molecule has 0 radical (unpaired) electrons. The van der Waals surface area contributed by atoms with Crippen LogP contribution in [-0.4, -0.2) is 43.5 Å². The summed E-state index contributed by atoms with van der Waals surface area (Å²) in [5, 5.41) is 6.91. The molecule has 30 heavy (non-hydrogen) atoms. The van der Waals surface area contributed by atoms with Crippen molar-refractivity contribution in [3.8, 4) is 0 Å². The highest BCUT2D eigenvalue weighted by Crippen LogP contribution is 2.25. The van der Waals surface area contributed by atoms with Gasteiger partial charge in [0.15, 0.2) is 5.96 Å². The number of aromatic nitrogens is 1. The van der Waals surface area contributed by atoms with Crippen LogP contribution in [0.25, 0.3) is 0 Å². The van der Waals surface area contributed by atoms with Crippen LogP contribution in [0.5, 0.6) is 0 Å². The Bertz CT molecular complexity index is 695. The quantitative estimate of drug-likeness (QED) is 0.309. The second kappa shape index (κ2) is 11.8. The molecular formula is C23H40N6O. The third kappa shape index (κ3) is 7.50. The largest absolute Gasteiger partial charge is 0.369 e. The summed E-state index contributed by atoms with van der Waals surface area (Å²) in [6.45, 7) is 9.98. The van der Waals surface area contributed by atoms with Crippen LogP contribution in [0.1, 0.15) is 64.9 Å². The maximum Gasteiger partial charge on any atom is 0.220 e. The Morgan fingerprint density at radius 3 is 2.67 bits per heavy atom. The maximum atomic E-state index is 11.4. The molecule has 2 heterocycles. The van der Waals surface area contributed by atoms with Crippen molar-refractivity contribution < 1.29 is 4.79 Å². The van der Waals surface area contributed by atoms with E-state index in [1.165, 1.54) is 25.7 Å². The van der Waals surface area contributed by atoms with E-state index in [1.807, 2.05) is 12.3 Å². The Morgan fingerprint density at radius 2 is 2.03 bits per heavy atom. The first-order chi connectivity index (χ1) is 14.4. The summed E-state index contributed by atoms with van der Waals surface area (Å²) in [5.41, 5.74) is 6.83. The summed E-state index contributed by atoms with van der Waals surface area (Å²) in [6, 6.07) is 4.06. The van der Waals surface area contributed by atoms with E-state index in [-0.39, 0.29) is 17.2 Å². The van der Waals surface area contributed by atoms with Crippen LogP contribution >= 0.6 is 0 Å². The minimum absolute atomic E-state index is 0.0183. The second-order valence-electron chi connectivity index (χ2n) is 9.05. The van der Waals surface area contributed by atoms with E-state index in [4.69, 9.17) is 5.73 Å². The molecule has 2 rings (SSSR count).